The highest BCUT2D eigenvalue weighted by molar-refractivity contribution is 8.08. The lowest BCUT2D eigenvalue weighted by atomic mass is 10.0. The van der Waals surface area contributed by atoms with E-state index in [-0.39, 0.29) is 0 Å². The van der Waals surface area contributed by atoms with Crippen molar-refractivity contribution in [3.63, 3.8) is 0 Å². The minimum Gasteiger partial charge on any atom is -0.0957 e. The maximum absolute atomic E-state index is 5.67. The van der Waals surface area contributed by atoms with Gasteiger partial charge in [-0.2, -0.15) is 0 Å². The zero-order valence-corrected chi connectivity index (χ0v) is 16.7. The van der Waals surface area contributed by atoms with E-state index in [1.807, 2.05) is 0 Å². The topological polar surface area (TPSA) is 0 Å². The Hall–Kier alpha value is -0.480. The third-order valence-corrected chi connectivity index (χ3v) is 9.21. The summed E-state index contributed by atoms with van der Waals surface area (Å²) in [6, 6.07) is 19.9. The molecule has 0 amide bonds. The second-order valence-corrected chi connectivity index (χ2v) is 12.7. The molecule has 0 aliphatic heterocycles. The SMILES string of the molecule is CC(C)[PH](=S)c1ccc(CC(C)(C)Pc2ccccc2)cc1. The third kappa shape index (κ3) is 5.31. The van der Waals surface area contributed by atoms with Crippen molar-refractivity contribution in [1.29, 1.82) is 0 Å². The van der Waals surface area contributed by atoms with E-state index in [1.165, 1.54) is 16.2 Å². The van der Waals surface area contributed by atoms with E-state index >= 15 is 0 Å². The molecule has 0 saturated carbocycles. The van der Waals surface area contributed by atoms with Crippen LogP contribution in [0.15, 0.2) is 54.6 Å². The first-order valence-corrected chi connectivity index (χ1v) is 11.5. The minimum absolute atomic E-state index is 0.294. The first-order valence-electron chi connectivity index (χ1n) is 7.84. The Morgan fingerprint density at radius 3 is 2.14 bits per heavy atom. The number of benzene rings is 2. The predicted octanol–water partition coefficient (Wildman–Crippen LogP) is 4.72. The normalized spacial score (nSPS) is 13.9. The van der Waals surface area contributed by atoms with Gasteiger partial charge < -0.3 is 0 Å². The second-order valence-electron chi connectivity index (χ2n) is 6.77. The van der Waals surface area contributed by atoms with Gasteiger partial charge in [-0.3, -0.25) is 0 Å². The lowest BCUT2D eigenvalue weighted by Crippen LogP contribution is -2.20. The first kappa shape index (κ1) is 17.9. The van der Waals surface area contributed by atoms with Gasteiger partial charge in [0.2, 0.25) is 0 Å². The van der Waals surface area contributed by atoms with E-state index in [0.29, 0.717) is 10.8 Å². The molecular formula is C19H26P2S. The van der Waals surface area contributed by atoms with Crippen LogP contribution in [-0.4, -0.2) is 10.8 Å². The molecule has 0 fully saturated rings. The van der Waals surface area contributed by atoms with Gasteiger partial charge in [-0.1, -0.05) is 103 Å². The van der Waals surface area contributed by atoms with Gasteiger partial charge in [-0.05, 0) is 40.1 Å². The first-order chi connectivity index (χ1) is 10.4. The smallest absolute Gasteiger partial charge is 0.00978 e. The Kier molecular flexibility index (Phi) is 6.39. The van der Waals surface area contributed by atoms with Crippen molar-refractivity contribution in [1.82, 2.24) is 0 Å². The molecule has 2 atom stereocenters. The Morgan fingerprint density at radius 1 is 1.00 bits per heavy atom. The molecule has 3 heteroatoms. The summed E-state index contributed by atoms with van der Waals surface area (Å²) >= 11 is 5.67. The summed E-state index contributed by atoms with van der Waals surface area (Å²) in [5.41, 5.74) is 2.03. The molecule has 0 radical (unpaired) electrons. The maximum atomic E-state index is 5.67. The predicted molar refractivity (Wildman–Crippen MR) is 109 cm³/mol. The van der Waals surface area contributed by atoms with Crippen LogP contribution in [0.25, 0.3) is 0 Å². The van der Waals surface area contributed by atoms with E-state index in [2.05, 4.69) is 82.3 Å². The Labute approximate surface area is 142 Å². The second kappa shape index (κ2) is 7.87. The molecule has 0 aromatic heterocycles. The van der Waals surface area contributed by atoms with Crippen molar-refractivity contribution >= 4 is 37.7 Å². The summed E-state index contributed by atoms with van der Waals surface area (Å²) in [5.74, 6) is 0. The molecule has 0 nitrogen and oxygen atoms in total. The average Bonchev–Trinajstić information content (AvgIpc) is 2.47. The standard InChI is InChI=1S/C19H26P2S/c1-15(2)21(22)18-12-10-16(11-13-18)14-19(3,4)20-17-8-6-5-7-9-17/h5-13,15,20-21H,14H2,1-4H3. The van der Waals surface area contributed by atoms with Gasteiger partial charge in [0.15, 0.2) is 0 Å². The molecule has 0 heterocycles. The Morgan fingerprint density at radius 2 is 1.59 bits per heavy atom. The fraction of sp³-hybridized carbons (Fsp3) is 0.368. The zero-order chi connectivity index (χ0) is 16.2. The van der Waals surface area contributed by atoms with Crippen LogP contribution in [0.3, 0.4) is 0 Å². The molecule has 2 rings (SSSR count). The van der Waals surface area contributed by atoms with Crippen molar-refractivity contribution in [2.75, 3.05) is 0 Å². The highest BCUT2D eigenvalue weighted by Crippen LogP contribution is 2.34. The molecule has 2 unspecified atom stereocenters. The van der Waals surface area contributed by atoms with E-state index in [1.54, 1.807) is 0 Å². The summed E-state index contributed by atoms with van der Waals surface area (Å²) in [6.45, 7) is 8.39. The highest BCUT2D eigenvalue weighted by atomic mass is 32.4. The molecular weight excluding hydrogens is 322 g/mol. The zero-order valence-electron chi connectivity index (χ0n) is 13.9. The fourth-order valence-electron chi connectivity index (χ4n) is 2.59. The summed E-state index contributed by atoms with van der Waals surface area (Å²) < 4.78 is 0. The molecule has 118 valence electrons. The number of rotatable bonds is 6. The summed E-state index contributed by atoms with van der Waals surface area (Å²) in [7, 11) is 0.831. The summed E-state index contributed by atoms with van der Waals surface area (Å²) in [6.07, 6.45) is 1.11. The Balaban J connectivity index is 2.05. The van der Waals surface area contributed by atoms with Gasteiger partial charge in [-0.25, -0.2) is 0 Å². The van der Waals surface area contributed by atoms with Crippen molar-refractivity contribution in [3.8, 4) is 0 Å². The van der Waals surface area contributed by atoms with Crippen molar-refractivity contribution in [2.45, 2.75) is 44.9 Å². The van der Waals surface area contributed by atoms with E-state index < -0.39 is 6.70 Å². The average molecular weight is 348 g/mol. The Bertz CT molecular complexity index is 616. The molecule has 0 spiro atoms. The van der Waals surface area contributed by atoms with Crippen LogP contribution >= 0.6 is 15.3 Å². The molecule has 0 bridgehead atoms. The molecule has 0 aliphatic rings. The monoisotopic (exact) mass is 348 g/mol. The summed E-state index contributed by atoms with van der Waals surface area (Å²) in [4.78, 5) is 0. The molecule has 0 saturated heterocycles. The van der Waals surface area contributed by atoms with Gasteiger partial charge in [0, 0.05) is 0 Å². The molecule has 0 N–H and O–H groups in total. The summed E-state index contributed by atoms with van der Waals surface area (Å²) in [5, 5.41) is 3.12. The third-order valence-electron chi connectivity index (χ3n) is 3.67. The van der Waals surface area contributed by atoms with Crippen LogP contribution in [0.5, 0.6) is 0 Å². The fourth-order valence-corrected chi connectivity index (χ4v) is 5.59. The van der Waals surface area contributed by atoms with Crippen molar-refractivity contribution in [2.24, 2.45) is 0 Å². The lowest BCUT2D eigenvalue weighted by Gasteiger charge is -2.25. The van der Waals surface area contributed by atoms with E-state index in [9.17, 15) is 0 Å². The lowest BCUT2D eigenvalue weighted by molar-refractivity contribution is 0.704. The van der Waals surface area contributed by atoms with E-state index in [0.717, 1.165) is 15.0 Å². The van der Waals surface area contributed by atoms with Crippen molar-refractivity contribution in [3.05, 3.63) is 60.2 Å². The molecule has 22 heavy (non-hydrogen) atoms. The maximum Gasteiger partial charge on any atom is -0.00978 e. The van der Waals surface area contributed by atoms with Crippen LogP contribution in [0.4, 0.5) is 0 Å². The van der Waals surface area contributed by atoms with Crippen molar-refractivity contribution < 1.29 is 0 Å². The largest absolute Gasteiger partial charge is 0.0957 e. The quantitative estimate of drug-likeness (QED) is 0.681. The van der Waals surface area contributed by atoms with Gasteiger partial charge in [-0.15, -0.1) is 0 Å². The van der Waals surface area contributed by atoms with Crippen LogP contribution in [0.1, 0.15) is 33.3 Å². The molecule has 2 aromatic rings. The number of hydrogen-bond donors (Lipinski definition) is 0. The molecule has 0 aliphatic carbocycles. The van der Waals surface area contributed by atoms with Gasteiger partial charge >= 0.3 is 0 Å². The van der Waals surface area contributed by atoms with Gasteiger partial charge in [0.1, 0.15) is 0 Å². The van der Waals surface area contributed by atoms with Crippen LogP contribution < -0.4 is 10.6 Å². The highest BCUT2D eigenvalue weighted by Gasteiger charge is 2.19. The van der Waals surface area contributed by atoms with Gasteiger partial charge in [0.05, 0.1) is 0 Å². The van der Waals surface area contributed by atoms with Crippen LogP contribution in [0.2, 0.25) is 0 Å². The van der Waals surface area contributed by atoms with Crippen LogP contribution in [0, 0.1) is 0 Å². The van der Waals surface area contributed by atoms with E-state index in [4.69, 9.17) is 11.8 Å². The van der Waals surface area contributed by atoms with Gasteiger partial charge in [0.25, 0.3) is 0 Å². The van der Waals surface area contributed by atoms with Crippen LogP contribution in [-0.2, 0) is 18.2 Å². The number of hydrogen-bond acceptors (Lipinski definition) is 1. The minimum atomic E-state index is -0.807. The molecule has 2 aromatic carbocycles.